The normalized spacial score (nSPS) is 18.8. The summed E-state index contributed by atoms with van der Waals surface area (Å²) >= 11 is 0. The Kier molecular flexibility index (Phi) is 9.50. The van der Waals surface area contributed by atoms with E-state index in [1.54, 1.807) is 19.5 Å². The SMILES string of the molecule is CNC(C#CC1=C(OC)CC=C(C(=N)N2CCCN(C3=CN=CCC=N3)CC2)C=N1)C(=O)NC=O. The van der Waals surface area contributed by atoms with Gasteiger partial charge in [-0.1, -0.05) is 12.0 Å². The van der Waals surface area contributed by atoms with Gasteiger partial charge in [0.2, 0.25) is 6.41 Å². The predicted molar refractivity (Wildman–Crippen MR) is 135 cm³/mol. The highest BCUT2D eigenvalue weighted by Crippen LogP contribution is 2.19. The van der Waals surface area contributed by atoms with E-state index in [0.29, 0.717) is 42.2 Å². The zero-order valence-electron chi connectivity index (χ0n) is 20.0. The average Bonchev–Trinajstić information content (AvgIpc) is 3.36. The minimum absolute atomic E-state index is 0.316. The molecule has 3 N–H and O–H groups in total. The van der Waals surface area contributed by atoms with E-state index in [0.717, 1.165) is 38.3 Å². The van der Waals surface area contributed by atoms with Crippen molar-refractivity contribution in [2.75, 3.05) is 40.3 Å². The number of carbonyl (C=O) groups excluding carboxylic acids is 2. The first kappa shape index (κ1) is 25.6. The fraction of sp³-hybridized carbons (Fsp3) is 0.417. The van der Waals surface area contributed by atoms with Crippen molar-refractivity contribution in [1.29, 1.82) is 5.41 Å². The fourth-order valence-corrected chi connectivity index (χ4v) is 3.67. The number of rotatable bonds is 6. The van der Waals surface area contributed by atoms with Crippen LogP contribution in [0.3, 0.4) is 0 Å². The lowest BCUT2D eigenvalue weighted by atomic mass is 10.1. The van der Waals surface area contributed by atoms with Gasteiger partial charge in [-0.05, 0) is 19.4 Å². The monoisotopic (exact) mass is 478 g/mol. The van der Waals surface area contributed by atoms with Gasteiger partial charge in [0.25, 0.3) is 5.91 Å². The molecule has 0 radical (unpaired) electrons. The molecule has 1 unspecified atom stereocenters. The number of nitrogens with zero attached hydrogens (tertiary/aromatic N) is 5. The van der Waals surface area contributed by atoms with Crippen LogP contribution < -0.4 is 10.6 Å². The van der Waals surface area contributed by atoms with Crippen LogP contribution in [0.25, 0.3) is 0 Å². The summed E-state index contributed by atoms with van der Waals surface area (Å²) in [4.78, 5) is 39.9. The van der Waals surface area contributed by atoms with Crippen LogP contribution in [-0.4, -0.2) is 93.0 Å². The van der Waals surface area contributed by atoms with E-state index in [2.05, 4.69) is 42.4 Å². The first-order chi connectivity index (χ1) is 17.1. The second-order valence-corrected chi connectivity index (χ2v) is 7.76. The van der Waals surface area contributed by atoms with Gasteiger partial charge in [-0.2, -0.15) is 0 Å². The molecule has 0 spiro atoms. The number of nitrogens with one attached hydrogen (secondary N) is 3. The Bertz CT molecular complexity index is 1070. The lowest BCUT2D eigenvalue weighted by Crippen LogP contribution is -2.41. The maximum absolute atomic E-state index is 11.9. The van der Waals surface area contributed by atoms with Gasteiger partial charge in [-0.25, -0.2) is 9.98 Å². The molecule has 0 bridgehead atoms. The van der Waals surface area contributed by atoms with E-state index in [1.807, 2.05) is 23.4 Å². The molecule has 3 heterocycles. The number of amidine groups is 1. The third kappa shape index (κ3) is 6.97. The summed E-state index contributed by atoms with van der Waals surface area (Å²) in [5.41, 5.74) is 1.04. The lowest BCUT2D eigenvalue weighted by Gasteiger charge is -2.25. The minimum atomic E-state index is -0.881. The summed E-state index contributed by atoms with van der Waals surface area (Å²) in [5, 5.41) is 13.6. The topological polar surface area (TPSA) is 135 Å². The fourth-order valence-electron chi connectivity index (χ4n) is 3.67. The van der Waals surface area contributed by atoms with Crippen LogP contribution in [0.2, 0.25) is 0 Å². The summed E-state index contributed by atoms with van der Waals surface area (Å²) < 4.78 is 5.46. The number of likely N-dealkylation sites (N-methyl/N-ethyl adjacent to an activating group) is 1. The molecule has 0 saturated carbocycles. The molecule has 3 rings (SSSR count). The van der Waals surface area contributed by atoms with Gasteiger partial charge in [-0.15, -0.1) is 0 Å². The van der Waals surface area contributed by atoms with Crippen molar-refractivity contribution < 1.29 is 14.3 Å². The number of methoxy groups -OCH3 is 1. The van der Waals surface area contributed by atoms with E-state index in [-0.39, 0.29) is 0 Å². The molecular formula is C24H30N8O3. The number of carbonyl (C=O) groups is 2. The van der Waals surface area contributed by atoms with Gasteiger partial charge < -0.3 is 14.5 Å². The maximum Gasteiger partial charge on any atom is 0.255 e. The van der Waals surface area contributed by atoms with Crippen LogP contribution in [0.5, 0.6) is 0 Å². The van der Waals surface area contributed by atoms with Crippen molar-refractivity contribution in [2.24, 2.45) is 15.0 Å². The molecule has 0 aromatic heterocycles. The molecule has 3 aliphatic heterocycles. The molecule has 1 fully saturated rings. The van der Waals surface area contributed by atoms with Crippen LogP contribution in [-0.2, 0) is 14.3 Å². The number of ether oxygens (including phenoxy) is 1. The van der Waals surface area contributed by atoms with Crippen molar-refractivity contribution >= 4 is 36.8 Å². The summed E-state index contributed by atoms with van der Waals surface area (Å²) in [6.07, 6.45) is 11.3. The molecule has 0 aromatic rings. The Balaban J connectivity index is 1.69. The highest BCUT2D eigenvalue weighted by molar-refractivity contribution is 6.14. The Morgan fingerprint density at radius 2 is 2.11 bits per heavy atom. The first-order valence-electron chi connectivity index (χ1n) is 11.3. The van der Waals surface area contributed by atoms with Gasteiger partial charge in [0, 0.05) is 63.2 Å². The highest BCUT2D eigenvalue weighted by Gasteiger charge is 2.21. The lowest BCUT2D eigenvalue weighted by molar-refractivity contribution is -0.125. The van der Waals surface area contributed by atoms with Gasteiger partial charge >= 0.3 is 0 Å². The Hall–Kier alpha value is -4.04. The quantitative estimate of drug-likeness (QED) is 0.219. The Labute approximate surface area is 204 Å². The third-order valence-corrected chi connectivity index (χ3v) is 5.58. The molecule has 2 amide bonds. The van der Waals surface area contributed by atoms with Crippen molar-refractivity contribution in [3.63, 3.8) is 0 Å². The van der Waals surface area contributed by atoms with Crippen molar-refractivity contribution in [1.82, 2.24) is 20.4 Å². The van der Waals surface area contributed by atoms with Crippen molar-refractivity contribution in [3.05, 3.63) is 35.1 Å². The second kappa shape index (κ2) is 13.0. The van der Waals surface area contributed by atoms with Crippen LogP contribution in [0.15, 0.2) is 50.1 Å². The summed E-state index contributed by atoms with van der Waals surface area (Å²) in [6.45, 7) is 2.99. The minimum Gasteiger partial charge on any atom is -0.498 e. The number of hydrogen-bond donors (Lipinski definition) is 3. The number of allylic oxidation sites excluding steroid dienone is 2. The standard InChI is InChI=1S/C24H30N8O3/c1-26-20(24(34)30-17-33)7-6-19-21(35-2)8-5-18(15-29-19)23(25)32-12-4-11-31(13-14-32)22-16-27-9-3-10-28-22/h5,9-10,15-17,20,25-26H,3-4,8,11-14H2,1-2H3,(H,30,33,34). The number of imide groups is 1. The van der Waals surface area contributed by atoms with Crippen LogP contribution >= 0.6 is 0 Å². The Morgan fingerprint density at radius 1 is 1.26 bits per heavy atom. The molecule has 11 heteroatoms. The van der Waals surface area contributed by atoms with Crippen molar-refractivity contribution in [2.45, 2.75) is 25.3 Å². The van der Waals surface area contributed by atoms with E-state index < -0.39 is 11.9 Å². The summed E-state index contributed by atoms with van der Waals surface area (Å²) in [7, 11) is 3.10. The maximum atomic E-state index is 11.9. The van der Waals surface area contributed by atoms with E-state index in [4.69, 9.17) is 10.1 Å². The highest BCUT2D eigenvalue weighted by atomic mass is 16.5. The largest absolute Gasteiger partial charge is 0.498 e. The third-order valence-electron chi connectivity index (χ3n) is 5.58. The van der Waals surface area contributed by atoms with Crippen molar-refractivity contribution in [3.8, 4) is 11.8 Å². The zero-order chi connectivity index (χ0) is 25.0. The number of amides is 2. The van der Waals surface area contributed by atoms with Gasteiger partial charge in [0.1, 0.15) is 23.5 Å². The smallest absolute Gasteiger partial charge is 0.255 e. The molecule has 1 saturated heterocycles. The molecule has 184 valence electrons. The number of hydrogen-bond acceptors (Lipinski definition) is 9. The molecule has 0 aliphatic carbocycles. The van der Waals surface area contributed by atoms with E-state index in [9.17, 15) is 9.59 Å². The van der Waals surface area contributed by atoms with Gasteiger partial charge in [0.05, 0.1) is 13.3 Å². The van der Waals surface area contributed by atoms with E-state index >= 15 is 0 Å². The number of aliphatic imine (C=N–C) groups is 3. The van der Waals surface area contributed by atoms with Gasteiger partial charge in [-0.3, -0.25) is 30.6 Å². The molecule has 0 aromatic carbocycles. The van der Waals surface area contributed by atoms with Crippen LogP contribution in [0.1, 0.15) is 19.3 Å². The first-order valence-corrected chi connectivity index (χ1v) is 11.3. The molecular weight excluding hydrogens is 448 g/mol. The van der Waals surface area contributed by atoms with Gasteiger partial charge in [0.15, 0.2) is 5.70 Å². The predicted octanol–water partition coefficient (Wildman–Crippen LogP) is 0.438. The molecule has 3 aliphatic rings. The summed E-state index contributed by atoms with van der Waals surface area (Å²) in [6, 6.07) is -0.881. The molecule has 11 nitrogen and oxygen atoms in total. The van der Waals surface area contributed by atoms with E-state index in [1.165, 1.54) is 7.11 Å². The molecule has 1 atom stereocenters. The van der Waals surface area contributed by atoms with Crippen LogP contribution in [0, 0.1) is 17.3 Å². The second-order valence-electron chi connectivity index (χ2n) is 7.76. The summed E-state index contributed by atoms with van der Waals surface area (Å²) in [5.74, 6) is 6.84. The van der Waals surface area contributed by atoms with Crippen LogP contribution in [0.4, 0.5) is 0 Å². The Morgan fingerprint density at radius 3 is 2.89 bits per heavy atom. The zero-order valence-corrected chi connectivity index (χ0v) is 20.0. The molecule has 35 heavy (non-hydrogen) atoms. The average molecular weight is 479 g/mol.